The quantitative estimate of drug-likeness (QED) is 0.731. The molecule has 4 rings (SSSR count). The van der Waals surface area contributed by atoms with Crippen molar-refractivity contribution in [3.8, 4) is 16.3 Å². The van der Waals surface area contributed by atoms with E-state index in [-0.39, 0.29) is 16.9 Å². The average molecular weight is 369 g/mol. The van der Waals surface area contributed by atoms with E-state index in [4.69, 9.17) is 0 Å². The average Bonchev–Trinajstić information content (AvgIpc) is 3.02. The van der Waals surface area contributed by atoms with E-state index in [2.05, 4.69) is 21.6 Å². The lowest BCUT2D eigenvalue weighted by Gasteiger charge is -2.10. The molecule has 2 N–H and O–H groups in total. The molecule has 0 bridgehead atoms. The molecule has 2 aromatic carbocycles. The molecule has 126 valence electrons. The van der Waals surface area contributed by atoms with Crippen LogP contribution in [0, 0.1) is 0 Å². The smallest absolute Gasteiger partial charge is 0.237 e. The van der Waals surface area contributed by atoms with E-state index in [0.717, 1.165) is 33.4 Å². The molecule has 0 spiro atoms. The topological polar surface area (TPSA) is 75.1 Å². The predicted octanol–water partition coefficient (Wildman–Crippen LogP) is 3.96. The second kappa shape index (κ2) is 6.85. The molecule has 0 aliphatic carbocycles. The summed E-state index contributed by atoms with van der Waals surface area (Å²) in [4.78, 5) is 12.5. The number of carbonyl (C=O) groups excluding carboxylic acids is 1. The number of anilines is 1. The van der Waals surface area contributed by atoms with Crippen molar-refractivity contribution in [1.29, 1.82) is 0 Å². The number of aromatic hydroxyl groups is 1. The first kappa shape index (κ1) is 16.1. The van der Waals surface area contributed by atoms with Crippen molar-refractivity contribution in [2.24, 2.45) is 0 Å². The maximum absolute atomic E-state index is 12.5. The van der Waals surface area contributed by atoms with Crippen LogP contribution in [0.1, 0.15) is 12.0 Å². The molecular weight excluding hydrogens is 354 g/mol. The summed E-state index contributed by atoms with van der Waals surface area (Å²) in [5.41, 5.74) is 2.97. The van der Waals surface area contributed by atoms with Crippen LogP contribution in [0.15, 0.2) is 52.9 Å². The number of hydrogen-bond acceptors (Lipinski definition) is 6. The monoisotopic (exact) mass is 369 g/mol. The number of nitrogens with zero attached hydrogens (tertiary/aromatic N) is 2. The lowest BCUT2D eigenvalue weighted by Crippen LogP contribution is -2.23. The maximum Gasteiger partial charge on any atom is 0.237 e. The van der Waals surface area contributed by atoms with Crippen LogP contribution in [0.4, 0.5) is 5.69 Å². The highest BCUT2D eigenvalue weighted by Gasteiger charge is 2.25. The molecule has 1 aliphatic rings. The first-order chi connectivity index (χ1) is 12.2. The van der Waals surface area contributed by atoms with E-state index < -0.39 is 0 Å². The summed E-state index contributed by atoms with van der Waals surface area (Å²) in [7, 11) is 0. The number of benzene rings is 2. The summed E-state index contributed by atoms with van der Waals surface area (Å²) < 4.78 is 0.772. The van der Waals surface area contributed by atoms with Crippen LogP contribution in [0.2, 0.25) is 0 Å². The van der Waals surface area contributed by atoms with Crippen molar-refractivity contribution in [3.63, 3.8) is 0 Å². The molecule has 5 nitrogen and oxygen atoms in total. The van der Waals surface area contributed by atoms with Crippen LogP contribution in [-0.2, 0) is 11.2 Å². The molecule has 7 heteroatoms. The van der Waals surface area contributed by atoms with Crippen molar-refractivity contribution in [3.05, 3.63) is 54.1 Å². The highest BCUT2D eigenvalue weighted by Crippen LogP contribution is 2.35. The molecule has 1 amide bonds. The summed E-state index contributed by atoms with van der Waals surface area (Å²) in [5, 5.41) is 21.4. The fraction of sp³-hybridized carbons (Fsp3) is 0.167. The van der Waals surface area contributed by atoms with Crippen molar-refractivity contribution in [2.45, 2.75) is 22.4 Å². The van der Waals surface area contributed by atoms with Crippen LogP contribution in [0.25, 0.3) is 10.6 Å². The standard InChI is InChI=1S/C18H15N3O2S2/c22-13-8-5-12(6-9-13)17-20-21-18(25-17)24-15-10-7-11-3-1-2-4-14(11)19-16(15)23/h1-6,8-9,15,22H,7,10H2,(H,19,23)/t15-/m1/s1. The zero-order valence-corrected chi connectivity index (χ0v) is 14.8. The number of aryl methyl sites for hydroxylation is 1. The predicted molar refractivity (Wildman–Crippen MR) is 100 cm³/mol. The Morgan fingerprint density at radius 1 is 1.12 bits per heavy atom. The molecule has 1 aromatic heterocycles. The SMILES string of the molecule is O=C1Nc2ccccc2CC[C@H]1Sc1nnc(-c2ccc(O)cc2)s1. The van der Waals surface area contributed by atoms with Gasteiger partial charge in [0, 0.05) is 11.3 Å². The number of rotatable bonds is 3. The molecule has 0 radical (unpaired) electrons. The Labute approximate surface area is 153 Å². The molecule has 0 saturated heterocycles. The third-order valence-corrected chi connectivity index (χ3v) is 6.33. The summed E-state index contributed by atoms with van der Waals surface area (Å²) in [5.74, 6) is 0.230. The normalized spacial score (nSPS) is 16.8. The number of amides is 1. The molecular formula is C18H15N3O2S2. The maximum atomic E-state index is 12.5. The number of para-hydroxylation sites is 1. The van der Waals surface area contributed by atoms with Crippen molar-refractivity contribution < 1.29 is 9.90 Å². The van der Waals surface area contributed by atoms with Crippen LogP contribution in [-0.4, -0.2) is 26.5 Å². The number of nitrogens with one attached hydrogen (secondary N) is 1. The Hall–Kier alpha value is -2.38. The third-order valence-electron chi connectivity index (χ3n) is 4.01. The van der Waals surface area contributed by atoms with Gasteiger partial charge < -0.3 is 10.4 Å². The number of phenols is 1. The van der Waals surface area contributed by atoms with Crippen molar-refractivity contribution >= 4 is 34.7 Å². The minimum Gasteiger partial charge on any atom is -0.508 e. The highest BCUT2D eigenvalue weighted by molar-refractivity contribution is 8.02. The van der Waals surface area contributed by atoms with E-state index in [1.165, 1.54) is 28.7 Å². The largest absolute Gasteiger partial charge is 0.508 e. The fourth-order valence-corrected chi connectivity index (χ4v) is 4.80. The second-order valence-corrected chi connectivity index (χ2v) is 8.14. The number of thioether (sulfide) groups is 1. The van der Waals surface area contributed by atoms with Gasteiger partial charge in [0.05, 0.1) is 5.25 Å². The number of carbonyl (C=O) groups is 1. The van der Waals surface area contributed by atoms with E-state index in [0.29, 0.717) is 0 Å². The fourth-order valence-electron chi connectivity index (χ4n) is 2.70. The van der Waals surface area contributed by atoms with Gasteiger partial charge in [0.2, 0.25) is 5.91 Å². The van der Waals surface area contributed by atoms with Gasteiger partial charge in [-0.1, -0.05) is 41.3 Å². The van der Waals surface area contributed by atoms with E-state index in [9.17, 15) is 9.90 Å². The van der Waals surface area contributed by atoms with Crippen molar-refractivity contribution in [2.75, 3.05) is 5.32 Å². The first-order valence-corrected chi connectivity index (χ1v) is 9.57. The highest BCUT2D eigenvalue weighted by atomic mass is 32.2. The number of aromatic nitrogens is 2. The minimum atomic E-state index is -0.187. The molecule has 25 heavy (non-hydrogen) atoms. The lowest BCUT2D eigenvalue weighted by atomic mass is 10.1. The van der Waals surface area contributed by atoms with Gasteiger partial charge in [-0.25, -0.2) is 0 Å². The van der Waals surface area contributed by atoms with Gasteiger partial charge in [-0.3, -0.25) is 4.79 Å². The van der Waals surface area contributed by atoms with Gasteiger partial charge in [-0.05, 0) is 48.7 Å². The zero-order chi connectivity index (χ0) is 17.2. The number of phenolic OH excluding ortho intramolecular Hbond substituents is 1. The number of hydrogen-bond donors (Lipinski definition) is 2. The van der Waals surface area contributed by atoms with Crippen LogP contribution in [0.5, 0.6) is 5.75 Å². The molecule has 1 aliphatic heterocycles. The van der Waals surface area contributed by atoms with E-state index >= 15 is 0 Å². The Morgan fingerprint density at radius 2 is 1.92 bits per heavy atom. The minimum absolute atomic E-state index is 0.0105. The van der Waals surface area contributed by atoms with Crippen molar-refractivity contribution in [1.82, 2.24) is 10.2 Å². The molecule has 0 saturated carbocycles. The summed E-state index contributed by atoms with van der Waals surface area (Å²) in [6, 6.07) is 14.8. The first-order valence-electron chi connectivity index (χ1n) is 7.87. The summed E-state index contributed by atoms with van der Waals surface area (Å²) >= 11 is 2.92. The molecule has 1 atom stereocenters. The van der Waals surface area contributed by atoms with Gasteiger partial charge in [-0.15, -0.1) is 10.2 Å². The van der Waals surface area contributed by atoms with E-state index in [1.54, 1.807) is 24.3 Å². The Balaban J connectivity index is 1.49. The Morgan fingerprint density at radius 3 is 2.76 bits per heavy atom. The number of fused-ring (bicyclic) bond motifs is 1. The van der Waals surface area contributed by atoms with E-state index in [1.807, 2.05) is 18.2 Å². The van der Waals surface area contributed by atoms with Crippen LogP contribution >= 0.6 is 23.1 Å². The summed E-state index contributed by atoms with van der Waals surface area (Å²) in [6.45, 7) is 0. The van der Waals surface area contributed by atoms with Crippen LogP contribution in [0.3, 0.4) is 0 Å². The van der Waals surface area contributed by atoms with Gasteiger partial charge >= 0.3 is 0 Å². The second-order valence-electron chi connectivity index (χ2n) is 5.71. The van der Waals surface area contributed by atoms with Gasteiger partial charge in [-0.2, -0.15) is 0 Å². The Kier molecular flexibility index (Phi) is 4.42. The van der Waals surface area contributed by atoms with Gasteiger partial charge in [0.25, 0.3) is 0 Å². The zero-order valence-electron chi connectivity index (χ0n) is 13.2. The van der Waals surface area contributed by atoms with Gasteiger partial charge in [0.15, 0.2) is 4.34 Å². The molecule has 2 heterocycles. The molecule has 3 aromatic rings. The molecule has 0 unspecified atom stereocenters. The Bertz CT molecular complexity index is 909. The van der Waals surface area contributed by atoms with Gasteiger partial charge in [0.1, 0.15) is 10.8 Å². The molecule has 0 fully saturated rings. The lowest BCUT2D eigenvalue weighted by molar-refractivity contribution is -0.115. The summed E-state index contributed by atoms with van der Waals surface area (Å²) in [6.07, 6.45) is 1.62. The van der Waals surface area contributed by atoms with Crippen LogP contribution < -0.4 is 5.32 Å². The third kappa shape index (κ3) is 3.52.